The van der Waals surface area contributed by atoms with Crippen LogP contribution in [-0.4, -0.2) is 17.5 Å². The van der Waals surface area contributed by atoms with Crippen molar-refractivity contribution in [2.24, 2.45) is 11.8 Å². The zero-order valence-corrected chi connectivity index (χ0v) is 50.0. The lowest BCUT2D eigenvalue weighted by atomic mass is 9.75. The zero-order valence-electron chi connectivity index (χ0n) is 48.4. The number of hydrogen-bond donors (Lipinski definition) is 0. The van der Waals surface area contributed by atoms with Gasteiger partial charge in [-0.1, -0.05) is 238 Å². The number of aryl methyl sites for hydroxylation is 2. The smallest absolute Gasteiger partial charge is 0.131 e. The first-order chi connectivity index (χ1) is 37.5. The van der Waals surface area contributed by atoms with Crippen LogP contribution in [0.5, 0.6) is 0 Å². The van der Waals surface area contributed by atoms with Gasteiger partial charge in [0.25, 0.3) is 0 Å². The molecule has 0 radical (unpaired) electrons. The number of benzene rings is 6. The van der Waals surface area contributed by atoms with Crippen molar-refractivity contribution in [1.82, 2.24) is 17.5 Å². The number of halogens is 2. The van der Waals surface area contributed by atoms with Crippen LogP contribution in [0.4, 0.5) is 8.78 Å². The van der Waals surface area contributed by atoms with Crippen LogP contribution in [0.2, 0.25) is 0 Å². The Morgan fingerprint density at radius 1 is 0.416 bits per heavy atom. The summed E-state index contributed by atoms with van der Waals surface area (Å²) in [7, 11) is 0. The third-order valence-electron chi connectivity index (χ3n) is 16.6. The Bertz CT molecular complexity index is 3130. The van der Waals surface area contributed by atoms with Crippen molar-refractivity contribution in [1.29, 1.82) is 0 Å². The van der Waals surface area contributed by atoms with Crippen LogP contribution in [0.15, 0.2) is 97.1 Å². The lowest BCUT2D eigenvalue weighted by Crippen LogP contribution is -2.21. The van der Waals surface area contributed by atoms with E-state index in [2.05, 4.69) is 130 Å². The molecule has 410 valence electrons. The van der Waals surface area contributed by atoms with E-state index in [0.29, 0.717) is 23.0 Å². The van der Waals surface area contributed by atoms with E-state index >= 15 is 8.78 Å². The second-order valence-corrected chi connectivity index (χ2v) is 23.3. The van der Waals surface area contributed by atoms with Gasteiger partial charge in [-0.3, -0.25) is 0 Å². The third kappa shape index (κ3) is 14.2. The zero-order chi connectivity index (χ0) is 54.9. The van der Waals surface area contributed by atoms with E-state index in [1.54, 1.807) is 12.1 Å². The minimum absolute atomic E-state index is 0.205. The summed E-state index contributed by atoms with van der Waals surface area (Å²) in [4.78, 5) is 0. The molecule has 3 unspecified atom stereocenters. The summed E-state index contributed by atoms with van der Waals surface area (Å²) in [6, 6.07) is 33.5. The fraction of sp³-hybridized carbons (Fsp3) is 0.478. The van der Waals surface area contributed by atoms with Gasteiger partial charge >= 0.3 is 0 Å². The van der Waals surface area contributed by atoms with E-state index in [1.807, 2.05) is 24.3 Å². The lowest BCUT2D eigenvalue weighted by Gasteiger charge is -2.28. The van der Waals surface area contributed by atoms with Crippen LogP contribution in [0.3, 0.4) is 0 Å². The van der Waals surface area contributed by atoms with E-state index in [9.17, 15) is 0 Å². The molecule has 0 saturated carbocycles. The molecule has 2 aromatic heterocycles. The predicted molar refractivity (Wildman–Crippen MR) is 330 cm³/mol. The average molecular weight is 1080 g/mol. The molecule has 4 nitrogen and oxygen atoms in total. The minimum atomic E-state index is -0.249. The van der Waals surface area contributed by atoms with Gasteiger partial charge in [-0.05, 0) is 113 Å². The van der Waals surface area contributed by atoms with Crippen molar-refractivity contribution in [2.45, 2.75) is 203 Å². The molecule has 8 aromatic rings. The predicted octanol–water partition coefficient (Wildman–Crippen LogP) is 22.4. The molecule has 1 aliphatic rings. The van der Waals surface area contributed by atoms with Crippen LogP contribution >= 0.6 is 23.5 Å². The van der Waals surface area contributed by atoms with Crippen LogP contribution in [-0.2, 0) is 18.3 Å². The van der Waals surface area contributed by atoms with E-state index < -0.39 is 0 Å². The minimum Gasteiger partial charge on any atom is -0.206 e. The fourth-order valence-corrected chi connectivity index (χ4v) is 12.3. The van der Waals surface area contributed by atoms with Crippen LogP contribution < -0.4 is 0 Å². The largest absolute Gasteiger partial charge is 0.206 e. The molecule has 9 rings (SSSR count). The van der Waals surface area contributed by atoms with Crippen molar-refractivity contribution >= 4 is 45.5 Å². The first-order valence-electron chi connectivity index (χ1n) is 29.9. The highest BCUT2D eigenvalue weighted by atomic mass is 32.1. The number of aromatic nitrogens is 4. The number of hydrogen-bond acceptors (Lipinski definition) is 6. The van der Waals surface area contributed by atoms with Crippen molar-refractivity contribution in [2.75, 3.05) is 0 Å². The molecule has 1 aliphatic carbocycles. The Kier molecular flexibility index (Phi) is 22.5. The molecule has 0 spiro atoms. The fourth-order valence-electron chi connectivity index (χ4n) is 11.2. The van der Waals surface area contributed by atoms with Gasteiger partial charge in [0.15, 0.2) is 0 Å². The summed E-state index contributed by atoms with van der Waals surface area (Å²) in [6.45, 7) is 22.5. The lowest BCUT2D eigenvalue weighted by molar-refractivity contribution is 0.421. The standard InChI is InChI=1S/C59H64F2N4S2.C6H14.C4H10/c1-7-11-13-14-32-59(6)51-35-41(43-28-30-49(57-55(43)62-66-64-57)47-24-20-39(33-53(47)60)17-16-37(5)9-3)22-26-45(51)46-27-23-42(36-52(46)59)44-29-31-50(58-56(44)63-67-65-58)48-25-21-40(34-54(48)61)19-18-38(10-4)15-12-8-2;1-3-5-6-4-2;1-3-4-2/h20-31,33-38H,7-19,32H2,1-6H3;3-6H2,1-2H3;3-4H2,1-2H3. The maximum Gasteiger partial charge on any atom is 0.131 e. The second-order valence-electron chi connectivity index (χ2n) is 22.3. The molecule has 0 saturated heterocycles. The Labute approximate surface area is 470 Å². The van der Waals surface area contributed by atoms with Crippen molar-refractivity contribution in [3.8, 4) is 55.6 Å². The summed E-state index contributed by atoms with van der Waals surface area (Å²) < 4.78 is 51.0. The summed E-state index contributed by atoms with van der Waals surface area (Å²) in [6.07, 6.45) is 23.8. The quantitative estimate of drug-likeness (QED) is 0.0566. The molecular formula is C69H88F2N4S2. The SMILES string of the molecule is CCCC.CCCCCC.CCCCCCC1(C)c2cc(-c3ccc(-c4ccc(CCC(C)CC)cc4F)c4nsnc34)ccc2-c2ccc(-c3ccc(-c4ccc(CCC(CC)CCCC)cc4F)c4nsnc34)cc21. The van der Waals surface area contributed by atoms with E-state index in [0.717, 1.165) is 112 Å². The summed E-state index contributed by atoms with van der Waals surface area (Å²) in [5, 5.41) is 0. The van der Waals surface area contributed by atoms with Crippen molar-refractivity contribution in [3.05, 3.63) is 131 Å². The molecule has 2 heterocycles. The highest BCUT2D eigenvalue weighted by Crippen LogP contribution is 2.54. The Balaban J connectivity index is 0.000000790. The van der Waals surface area contributed by atoms with Crippen LogP contribution in [0.1, 0.15) is 207 Å². The highest BCUT2D eigenvalue weighted by Gasteiger charge is 2.39. The van der Waals surface area contributed by atoms with Crippen molar-refractivity contribution in [3.63, 3.8) is 0 Å². The molecule has 0 amide bonds. The van der Waals surface area contributed by atoms with Gasteiger partial charge in [0.05, 0.1) is 23.5 Å². The highest BCUT2D eigenvalue weighted by molar-refractivity contribution is 7.00. The molecule has 6 aromatic carbocycles. The Morgan fingerprint density at radius 3 is 1.26 bits per heavy atom. The van der Waals surface area contributed by atoms with Gasteiger partial charge in [-0.25, -0.2) is 8.78 Å². The van der Waals surface area contributed by atoms with E-state index in [4.69, 9.17) is 17.5 Å². The number of rotatable bonds is 24. The van der Waals surface area contributed by atoms with Gasteiger partial charge in [0.1, 0.15) is 33.7 Å². The summed E-state index contributed by atoms with van der Waals surface area (Å²) in [5.74, 6) is 0.879. The van der Waals surface area contributed by atoms with Gasteiger partial charge in [0, 0.05) is 38.8 Å². The first kappa shape index (κ1) is 59.5. The Hall–Kier alpha value is -5.18. The molecular weight excluding hydrogens is 987 g/mol. The van der Waals surface area contributed by atoms with Crippen LogP contribution in [0, 0.1) is 23.5 Å². The van der Waals surface area contributed by atoms with Crippen LogP contribution in [0.25, 0.3) is 77.7 Å². The molecule has 3 atom stereocenters. The maximum atomic E-state index is 16.0. The molecule has 8 heteroatoms. The molecule has 0 aliphatic heterocycles. The summed E-state index contributed by atoms with van der Waals surface area (Å²) >= 11 is 2.37. The monoisotopic (exact) mass is 1070 g/mol. The average Bonchev–Trinajstić information content (AvgIpc) is 4.32. The second kappa shape index (κ2) is 29.2. The number of nitrogens with zero attached hydrogens (tertiary/aromatic N) is 4. The number of unbranched alkanes of at least 4 members (excludes halogenated alkanes) is 8. The van der Waals surface area contributed by atoms with Gasteiger partial charge in [-0.15, -0.1) is 0 Å². The third-order valence-corrected chi connectivity index (χ3v) is 17.7. The van der Waals surface area contributed by atoms with Crippen molar-refractivity contribution < 1.29 is 8.78 Å². The van der Waals surface area contributed by atoms with E-state index in [1.165, 1.54) is 129 Å². The molecule has 0 bridgehead atoms. The topological polar surface area (TPSA) is 51.6 Å². The van der Waals surface area contributed by atoms with Gasteiger partial charge in [-0.2, -0.15) is 17.5 Å². The van der Waals surface area contributed by atoms with Gasteiger partial charge in [0.2, 0.25) is 0 Å². The Morgan fingerprint density at radius 2 is 0.831 bits per heavy atom. The first-order valence-corrected chi connectivity index (χ1v) is 31.3. The molecule has 0 fully saturated rings. The summed E-state index contributed by atoms with van der Waals surface area (Å²) in [5.41, 5.74) is 16.9. The normalized spacial score (nSPS) is 14.4. The van der Waals surface area contributed by atoms with E-state index in [-0.39, 0.29) is 17.0 Å². The number of fused-ring (bicyclic) bond motifs is 5. The molecule has 77 heavy (non-hydrogen) atoms. The maximum absolute atomic E-state index is 16.0. The van der Waals surface area contributed by atoms with Gasteiger partial charge < -0.3 is 0 Å². The molecule has 0 N–H and O–H groups in total.